The Hall–Kier alpha value is -2.83. The quantitative estimate of drug-likeness (QED) is 0.510. The normalized spacial score (nSPS) is 12.3. The predicted octanol–water partition coefficient (Wildman–Crippen LogP) is 5.56. The highest BCUT2D eigenvalue weighted by Gasteiger charge is 2.19. The van der Waals surface area contributed by atoms with E-state index in [9.17, 15) is 13.2 Å². The molecular weight excluding hydrogens is 432 g/mol. The summed E-state index contributed by atoms with van der Waals surface area (Å²) in [6, 6.07) is 16.8. The van der Waals surface area contributed by atoms with Crippen molar-refractivity contribution in [2.24, 2.45) is 0 Å². The Morgan fingerprint density at radius 2 is 1.55 bits per heavy atom. The van der Waals surface area contributed by atoms with Crippen LogP contribution < -0.4 is 10.0 Å². The van der Waals surface area contributed by atoms with Crippen LogP contribution in [0, 0.1) is 20.8 Å². The minimum atomic E-state index is -3.79. The molecule has 0 bridgehead atoms. The van der Waals surface area contributed by atoms with Crippen molar-refractivity contribution in [3.63, 3.8) is 0 Å². The summed E-state index contributed by atoms with van der Waals surface area (Å²) in [5, 5.41) is 3.18. The van der Waals surface area contributed by atoms with Gasteiger partial charge in [0.2, 0.25) is 0 Å². The van der Waals surface area contributed by atoms with E-state index in [0.717, 1.165) is 22.3 Å². The van der Waals surface area contributed by atoms with Crippen molar-refractivity contribution in [2.75, 3.05) is 4.72 Å². The van der Waals surface area contributed by atoms with E-state index in [1.807, 2.05) is 39.8 Å². The van der Waals surface area contributed by atoms with E-state index in [-0.39, 0.29) is 33.1 Å². The molecule has 31 heavy (non-hydrogen) atoms. The number of rotatable bonds is 6. The van der Waals surface area contributed by atoms with Gasteiger partial charge in [-0.05, 0) is 69.2 Å². The lowest BCUT2D eigenvalue weighted by Crippen LogP contribution is -2.27. The highest BCUT2D eigenvalue weighted by Crippen LogP contribution is 2.25. The molecule has 1 atom stereocenters. The van der Waals surface area contributed by atoms with Crippen LogP contribution in [0.15, 0.2) is 65.6 Å². The van der Waals surface area contributed by atoms with Crippen molar-refractivity contribution < 1.29 is 13.2 Å². The molecule has 2 N–H and O–H groups in total. The molecule has 7 heteroatoms. The van der Waals surface area contributed by atoms with Gasteiger partial charge in [0.05, 0.1) is 21.5 Å². The smallest absolute Gasteiger partial charge is 0.261 e. The average molecular weight is 457 g/mol. The second-order valence-electron chi connectivity index (χ2n) is 7.67. The molecule has 0 heterocycles. The Morgan fingerprint density at radius 1 is 0.903 bits per heavy atom. The number of benzene rings is 3. The van der Waals surface area contributed by atoms with Gasteiger partial charge in [-0.25, -0.2) is 8.42 Å². The van der Waals surface area contributed by atoms with E-state index < -0.39 is 10.0 Å². The number of amides is 1. The number of anilines is 1. The van der Waals surface area contributed by atoms with Crippen LogP contribution in [-0.4, -0.2) is 14.3 Å². The first-order chi connectivity index (χ1) is 14.6. The van der Waals surface area contributed by atoms with Crippen molar-refractivity contribution >= 4 is 33.2 Å². The number of aryl methyl sites for hydroxylation is 3. The molecular formula is C24H25ClN2O3S. The van der Waals surface area contributed by atoms with E-state index in [1.165, 1.54) is 30.3 Å². The van der Waals surface area contributed by atoms with Gasteiger partial charge in [0.25, 0.3) is 15.9 Å². The second kappa shape index (κ2) is 9.12. The first kappa shape index (κ1) is 22.8. The van der Waals surface area contributed by atoms with Gasteiger partial charge in [-0.1, -0.05) is 53.1 Å². The second-order valence-corrected chi connectivity index (χ2v) is 9.76. The molecule has 0 spiro atoms. The van der Waals surface area contributed by atoms with Crippen LogP contribution in [0.3, 0.4) is 0 Å². The maximum absolute atomic E-state index is 12.9. The topological polar surface area (TPSA) is 75.3 Å². The highest BCUT2D eigenvalue weighted by molar-refractivity contribution is 7.92. The zero-order valence-electron chi connectivity index (χ0n) is 17.9. The molecule has 162 valence electrons. The summed E-state index contributed by atoms with van der Waals surface area (Å²) in [5.41, 5.74) is 4.65. The summed E-state index contributed by atoms with van der Waals surface area (Å²) in [6.07, 6.45) is 0. The van der Waals surface area contributed by atoms with Crippen molar-refractivity contribution in [1.29, 1.82) is 0 Å². The third-order valence-corrected chi connectivity index (χ3v) is 6.76. The van der Waals surface area contributed by atoms with Crippen molar-refractivity contribution in [3.05, 3.63) is 93.5 Å². The molecule has 3 aromatic carbocycles. The molecule has 3 rings (SSSR count). The van der Waals surface area contributed by atoms with Gasteiger partial charge < -0.3 is 5.32 Å². The van der Waals surface area contributed by atoms with E-state index >= 15 is 0 Å². The fourth-order valence-corrected chi connectivity index (χ4v) is 4.61. The maximum atomic E-state index is 12.9. The van der Waals surface area contributed by atoms with Crippen LogP contribution in [0.5, 0.6) is 0 Å². The van der Waals surface area contributed by atoms with E-state index in [4.69, 9.17) is 11.6 Å². The third kappa shape index (κ3) is 5.46. The lowest BCUT2D eigenvalue weighted by Gasteiger charge is -2.18. The SMILES string of the molecule is Cc1ccc(S(=O)(=O)Nc2ccc(Cl)c(C(=O)N[C@@H](C)c3ccc(C)cc3C)c2)cc1. The van der Waals surface area contributed by atoms with Gasteiger partial charge in [0.1, 0.15) is 0 Å². The Balaban J connectivity index is 1.81. The van der Waals surface area contributed by atoms with Crippen LogP contribution in [0.1, 0.15) is 45.6 Å². The van der Waals surface area contributed by atoms with Crippen LogP contribution in [0.25, 0.3) is 0 Å². The lowest BCUT2D eigenvalue weighted by atomic mass is 10.00. The summed E-state index contributed by atoms with van der Waals surface area (Å²) < 4.78 is 27.8. The van der Waals surface area contributed by atoms with Gasteiger partial charge in [-0.3, -0.25) is 9.52 Å². The van der Waals surface area contributed by atoms with Crippen LogP contribution in [-0.2, 0) is 10.0 Å². The zero-order valence-corrected chi connectivity index (χ0v) is 19.4. The molecule has 0 aliphatic carbocycles. The fourth-order valence-electron chi connectivity index (χ4n) is 3.36. The summed E-state index contributed by atoms with van der Waals surface area (Å²) in [5.74, 6) is -0.381. The van der Waals surface area contributed by atoms with E-state index in [0.29, 0.717) is 0 Å². The van der Waals surface area contributed by atoms with Crippen molar-refractivity contribution in [3.8, 4) is 0 Å². The standard InChI is InChI=1S/C24H25ClN2O3S/c1-15-5-9-20(10-6-15)31(29,30)27-19-8-12-23(25)22(14-19)24(28)26-18(4)21-11-7-16(2)13-17(21)3/h5-14,18,27H,1-4H3,(H,26,28)/t18-/m0/s1. The van der Waals surface area contributed by atoms with Gasteiger partial charge in [0, 0.05) is 5.69 Å². The van der Waals surface area contributed by atoms with Crippen LogP contribution >= 0.6 is 11.6 Å². The molecule has 0 radical (unpaired) electrons. The summed E-state index contributed by atoms with van der Waals surface area (Å²) in [6.45, 7) is 7.79. The summed E-state index contributed by atoms with van der Waals surface area (Å²) >= 11 is 6.24. The molecule has 3 aromatic rings. The number of hydrogen-bond acceptors (Lipinski definition) is 3. The average Bonchev–Trinajstić information content (AvgIpc) is 2.69. The molecule has 0 saturated carbocycles. The third-order valence-electron chi connectivity index (χ3n) is 5.03. The molecule has 5 nitrogen and oxygen atoms in total. The molecule has 0 aliphatic rings. The minimum Gasteiger partial charge on any atom is -0.345 e. The number of nitrogens with one attached hydrogen (secondary N) is 2. The van der Waals surface area contributed by atoms with Crippen LogP contribution in [0.2, 0.25) is 5.02 Å². The number of hydrogen-bond donors (Lipinski definition) is 2. The molecule has 0 saturated heterocycles. The van der Waals surface area contributed by atoms with E-state index in [1.54, 1.807) is 12.1 Å². The number of halogens is 1. The Kier molecular flexibility index (Phi) is 6.72. The first-order valence-electron chi connectivity index (χ1n) is 9.84. The van der Waals surface area contributed by atoms with E-state index in [2.05, 4.69) is 16.1 Å². The number of carbonyl (C=O) groups excluding carboxylic acids is 1. The van der Waals surface area contributed by atoms with Gasteiger partial charge >= 0.3 is 0 Å². The summed E-state index contributed by atoms with van der Waals surface area (Å²) in [4.78, 5) is 13.0. The largest absolute Gasteiger partial charge is 0.345 e. The van der Waals surface area contributed by atoms with Gasteiger partial charge in [-0.2, -0.15) is 0 Å². The maximum Gasteiger partial charge on any atom is 0.261 e. The van der Waals surface area contributed by atoms with Crippen molar-refractivity contribution in [1.82, 2.24) is 5.32 Å². The van der Waals surface area contributed by atoms with Crippen molar-refractivity contribution in [2.45, 2.75) is 38.6 Å². The minimum absolute atomic E-state index is 0.141. The molecule has 0 aromatic heterocycles. The Labute approximate surface area is 188 Å². The lowest BCUT2D eigenvalue weighted by molar-refractivity contribution is 0.0940. The predicted molar refractivity (Wildman–Crippen MR) is 125 cm³/mol. The molecule has 0 fully saturated rings. The first-order valence-corrected chi connectivity index (χ1v) is 11.7. The Bertz CT molecular complexity index is 1220. The summed E-state index contributed by atoms with van der Waals surface area (Å²) in [7, 11) is -3.79. The molecule has 0 aliphatic heterocycles. The monoisotopic (exact) mass is 456 g/mol. The Morgan fingerprint density at radius 3 is 2.19 bits per heavy atom. The molecule has 1 amide bonds. The van der Waals surface area contributed by atoms with Crippen LogP contribution in [0.4, 0.5) is 5.69 Å². The zero-order chi connectivity index (χ0) is 22.8. The molecule has 0 unspecified atom stereocenters. The highest BCUT2D eigenvalue weighted by atomic mass is 35.5. The van der Waals surface area contributed by atoms with Gasteiger partial charge in [0.15, 0.2) is 0 Å². The number of sulfonamides is 1. The fraction of sp³-hybridized carbons (Fsp3) is 0.208. The number of carbonyl (C=O) groups is 1. The van der Waals surface area contributed by atoms with Gasteiger partial charge in [-0.15, -0.1) is 0 Å².